The topological polar surface area (TPSA) is 37.8 Å². The van der Waals surface area contributed by atoms with Crippen LogP contribution in [0, 0.1) is 0 Å². The van der Waals surface area contributed by atoms with Crippen LogP contribution < -0.4 is 5.32 Å². The van der Waals surface area contributed by atoms with Crippen LogP contribution in [0.2, 0.25) is 0 Å². The van der Waals surface area contributed by atoms with Crippen molar-refractivity contribution < 1.29 is 0 Å². The van der Waals surface area contributed by atoms with Gasteiger partial charge in [0, 0.05) is 28.5 Å². The largest absolute Gasteiger partial charge is 0.310 e. The van der Waals surface area contributed by atoms with Crippen molar-refractivity contribution >= 4 is 15.9 Å². The maximum absolute atomic E-state index is 4.11. The number of benzene rings is 1. The number of nitrogens with one attached hydrogen (secondary N) is 1. The summed E-state index contributed by atoms with van der Waals surface area (Å²) >= 11 is 3.46. The van der Waals surface area contributed by atoms with E-state index >= 15 is 0 Å². The first-order valence-corrected chi connectivity index (χ1v) is 7.31. The van der Waals surface area contributed by atoms with Gasteiger partial charge < -0.3 is 5.32 Å². The minimum atomic E-state index is 0.266. The fourth-order valence-corrected chi connectivity index (χ4v) is 2.24. The number of rotatable bonds is 6. The predicted molar refractivity (Wildman–Crippen MR) is 80.9 cm³/mol. The van der Waals surface area contributed by atoms with Crippen LogP contribution in [0.1, 0.15) is 30.5 Å². The Balaban J connectivity index is 2.11. The lowest BCUT2D eigenvalue weighted by Crippen LogP contribution is -2.24. The molecule has 1 heterocycles. The average molecular weight is 320 g/mol. The molecule has 0 spiro atoms. The Morgan fingerprint density at radius 1 is 1.16 bits per heavy atom. The normalized spacial score (nSPS) is 12.3. The number of aromatic nitrogens is 2. The zero-order valence-corrected chi connectivity index (χ0v) is 12.6. The lowest BCUT2D eigenvalue weighted by Gasteiger charge is -2.18. The minimum absolute atomic E-state index is 0.266. The summed E-state index contributed by atoms with van der Waals surface area (Å²) in [5, 5.41) is 3.56. The van der Waals surface area contributed by atoms with Crippen molar-refractivity contribution in [3.63, 3.8) is 0 Å². The lowest BCUT2D eigenvalue weighted by molar-refractivity contribution is 0.526. The standard InChI is InChI=1S/C15H18BrN3/c1-2-7-19-15(13-9-17-11-18-10-13)8-12-3-5-14(16)6-4-12/h3-6,9-11,15,19H,2,7-8H2,1H3. The molecule has 100 valence electrons. The molecule has 0 aliphatic rings. The highest BCUT2D eigenvalue weighted by atomic mass is 79.9. The first-order valence-electron chi connectivity index (χ1n) is 6.52. The van der Waals surface area contributed by atoms with Crippen molar-refractivity contribution in [3.8, 4) is 0 Å². The van der Waals surface area contributed by atoms with Gasteiger partial charge in [0.25, 0.3) is 0 Å². The fourth-order valence-electron chi connectivity index (χ4n) is 1.97. The molecule has 0 saturated heterocycles. The van der Waals surface area contributed by atoms with Gasteiger partial charge in [0.05, 0.1) is 0 Å². The van der Waals surface area contributed by atoms with Gasteiger partial charge in [0.2, 0.25) is 0 Å². The fraction of sp³-hybridized carbons (Fsp3) is 0.333. The molecule has 2 rings (SSSR count). The molecule has 0 bridgehead atoms. The minimum Gasteiger partial charge on any atom is -0.310 e. The van der Waals surface area contributed by atoms with Crippen molar-refractivity contribution in [2.75, 3.05) is 6.54 Å². The molecule has 3 nitrogen and oxygen atoms in total. The van der Waals surface area contributed by atoms with Gasteiger partial charge in [-0.15, -0.1) is 0 Å². The van der Waals surface area contributed by atoms with Crippen LogP contribution in [-0.4, -0.2) is 16.5 Å². The summed E-state index contributed by atoms with van der Waals surface area (Å²) in [6.45, 7) is 3.17. The molecule has 1 atom stereocenters. The van der Waals surface area contributed by atoms with Crippen molar-refractivity contribution in [2.24, 2.45) is 0 Å². The second-order valence-corrected chi connectivity index (χ2v) is 5.42. The van der Waals surface area contributed by atoms with Crippen LogP contribution in [0.4, 0.5) is 0 Å². The molecule has 4 heteroatoms. The van der Waals surface area contributed by atoms with E-state index in [-0.39, 0.29) is 6.04 Å². The summed E-state index contributed by atoms with van der Waals surface area (Å²) in [5.41, 5.74) is 2.44. The predicted octanol–water partition coefficient (Wildman–Crippen LogP) is 3.52. The summed E-state index contributed by atoms with van der Waals surface area (Å²) in [5.74, 6) is 0. The molecular weight excluding hydrogens is 302 g/mol. The van der Waals surface area contributed by atoms with Crippen molar-refractivity contribution in [1.82, 2.24) is 15.3 Å². The maximum Gasteiger partial charge on any atom is 0.115 e. The van der Waals surface area contributed by atoms with Crippen molar-refractivity contribution in [3.05, 3.63) is 58.6 Å². The third kappa shape index (κ3) is 4.40. The van der Waals surface area contributed by atoms with E-state index in [0.29, 0.717) is 0 Å². The highest BCUT2D eigenvalue weighted by Gasteiger charge is 2.11. The summed E-state index contributed by atoms with van der Waals surface area (Å²) in [7, 11) is 0. The molecule has 0 fully saturated rings. The molecule has 0 aliphatic heterocycles. The smallest absolute Gasteiger partial charge is 0.115 e. The molecule has 1 aromatic heterocycles. The number of hydrogen-bond acceptors (Lipinski definition) is 3. The molecule has 0 saturated carbocycles. The van der Waals surface area contributed by atoms with E-state index in [2.05, 4.69) is 62.4 Å². The maximum atomic E-state index is 4.11. The molecular formula is C15H18BrN3. The van der Waals surface area contributed by atoms with Gasteiger partial charge in [-0.3, -0.25) is 0 Å². The van der Waals surface area contributed by atoms with E-state index in [9.17, 15) is 0 Å². The SMILES string of the molecule is CCCNC(Cc1ccc(Br)cc1)c1cncnc1. The van der Waals surface area contributed by atoms with E-state index in [1.807, 2.05) is 12.4 Å². The Kier molecular flexibility index (Phi) is 5.48. The highest BCUT2D eigenvalue weighted by Crippen LogP contribution is 2.19. The Morgan fingerprint density at radius 3 is 2.47 bits per heavy atom. The third-order valence-corrected chi connectivity index (χ3v) is 3.51. The van der Waals surface area contributed by atoms with E-state index < -0.39 is 0 Å². The first kappa shape index (κ1) is 14.2. The third-order valence-electron chi connectivity index (χ3n) is 2.98. The van der Waals surface area contributed by atoms with Crippen LogP contribution in [0.5, 0.6) is 0 Å². The van der Waals surface area contributed by atoms with Gasteiger partial charge in [-0.05, 0) is 37.1 Å². The van der Waals surface area contributed by atoms with Crippen molar-refractivity contribution in [1.29, 1.82) is 0 Å². The molecule has 2 aromatic rings. The van der Waals surface area contributed by atoms with Gasteiger partial charge in [-0.1, -0.05) is 35.0 Å². The molecule has 0 aliphatic carbocycles. The van der Waals surface area contributed by atoms with Gasteiger partial charge in [0.15, 0.2) is 0 Å². The van der Waals surface area contributed by atoms with E-state index in [0.717, 1.165) is 29.4 Å². The molecule has 1 aromatic carbocycles. The number of nitrogens with zero attached hydrogens (tertiary/aromatic N) is 2. The van der Waals surface area contributed by atoms with Crippen LogP contribution in [0.3, 0.4) is 0 Å². The Bertz CT molecular complexity index is 485. The Hall–Kier alpha value is -1.26. The second kappa shape index (κ2) is 7.36. The Labute approximate surface area is 122 Å². The molecule has 1 unspecified atom stereocenters. The zero-order valence-electron chi connectivity index (χ0n) is 11.0. The van der Waals surface area contributed by atoms with Gasteiger partial charge in [-0.2, -0.15) is 0 Å². The molecule has 0 amide bonds. The van der Waals surface area contributed by atoms with E-state index in [1.165, 1.54) is 5.56 Å². The van der Waals surface area contributed by atoms with Gasteiger partial charge in [0.1, 0.15) is 6.33 Å². The molecule has 1 N–H and O–H groups in total. The quantitative estimate of drug-likeness (QED) is 0.885. The number of halogens is 1. The average Bonchev–Trinajstić information content (AvgIpc) is 2.46. The monoisotopic (exact) mass is 319 g/mol. The van der Waals surface area contributed by atoms with Crippen LogP contribution in [0.15, 0.2) is 47.5 Å². The first-order chi connectivity index (χ1) is 9.29. The van der Waals surface area contributed by atoms with E-state index in [4.69, 9.17) is 0 Å². The van der Waals surface area contributed by atoms with Crippen molar-refractivity contribution in [2.45, 2.75) is 25.8 Å². The summed E-state index contributed by atoms with van der Waals surface area (Å²) in [6.07, 6.45) is 7.41. The zero-order chi connectivity index (χ0) is 13.5. The second-order valence-electron chi connectivity index (χ2n) is 4.51. The summed E-state index contributed by atoms with van der Waals surface area (Å²) < 4.78 is 1.11. The lowest BCUT2D eigenvalue weighted by atomic mass is 10.0. The van der Waals surface area contributed by atoms with Gasteiger partial charge in [-0.25, -0.2) is 9.97 Å². The Morgan fingerprint density at radius 2 is 1.84 bits per heavy atom. The van der Waals surface area contributed by atoms with Crippen LogP contribution in [-0.2, 0) is 6.42 Å². The summed E-state index contributed by atoms with van der Waals surface area (Å²) in [4.78, 5) is 8.22. The molecule has 19 heavy (non-hydrogen) atoms. The highest BCUT2D eigenvalue weighted by molar-refractivity contribution is 9.10. The molecule has 0 radical (unpaired) electrons. The summed E-state index contributed by atoms with van der Waals surface area (Å²) in [6, 6.07) is 8.71. The van der Waals surface area contributed by atoms with Crippen LogP contribution in [0.25, 0.3) is 0 Å². The van der Waals surface area contributed by atoms with Crippen LogP contribution >= 0.6 is 15.9 Å². The van der Waals surface area contributed by atoms with E-state index in [1.54, 1.807) is 6.33 Å². The van der Waals surface area contributed by atoms with Gasteiger partial charge >= 0.3 is 0 Å². The number of hydrogen-bond donors (Lipinski definition) is 1.